The number of nitrogens with zero attached hydrogens (tertiary/aromatic N) is 3. The molecule has 30 heavy (non-hydrogen) atoms. The average molecular weight is 542 g/mol. The molecule has 2 fully saturated rings. The Balaban J connectivity index is 0.00000320. The van der Waals surface area contributed by atoms with Crippen molar-refractivity contribution >= 4 is 35.6 Å². The molecule has 2 heterocycles. The van der Waals surface area contributed by atoms with E-state index in [2.05, 4.69) is 15.2 Å². The number of anilines is 1. The summed E-state index contributed by atoms with van der Waals surface area (Å²) >= 11 is 0. The zero-order chi connectivity index (χ0) is 20.9. The van der Waals surface area contributed by atoms with Gasteiger partial charge in [-0.05, 0) is 25.1 Å². The van der Waals surface area contributed by atoms with E-state index < -0.39 is 17.3 Å². The normalized spacial score (nSPS) is 20.0. The molecule has 1 aromatic rings. The topological polar surface area (TPSA) is 60.3 Å². The summed E-state index contributed by atoms with van der Waals surface area (Å²) in [4.78, 5) is 8.69. The van der Waals surface area contributed by atoms with Crippen LogP contribution in [0.5, 0.6) is 0 Å². The summed E-state index contributed by atoms with van der Waals surface area (Å²) in [6.07, 6.45) is -3.20. The quantitative estimate of drug-likeness (QED) is 0.348. The smallest absolute Gasteiger partial charge is 0.388 e. The lowest BCUT2D eigenvalue weighted by Gasteiger charge is -2.38. The van der Waals surface area contributed by atoms with Gasteiger partial charge in [0.1, 0.15) is 0 Å². The van der Waals surface area contributed by atoms with Gasteiger partial charge in [-0.1, -0.05) is 6.07 Å². The maximum atomic E-state index is 13.0. The fourth-order valence-electron chi connectivity index (χ4n) is 3.61. The monoisotopic (exact) mass is 542 g/mol. The zero-order valence-electron chi connectivity index (χ0n) is 17.1. The molecule has 0 saturated carbocycles. The van der Waals surface area contributed by atoms with Crippen LogP contribution in [0.25, 0.3) is 0 Å². The van der Waals surface area contributed by atoms with E-state index in [0.717, 1.165) is 12.0 Å². The van der Waals surface area contributed by atoms with E-state index in [9.17, 15) is 18.3 Å². The highest BCUT2D eigenvalue weighted by Gasteiger charge is 2.32. The van der Waals surface area contributed by atoms with Crippen LogP contribution in [0.3, 0.4) is 0 Å². The molecule has 0 radical (unpaired) electrons. The van der Waals surface area contributed by atoms with E-state index in [4.69, 9.17) is 4.74 Å². The van der Waals surface area contributed by atoms with E-state index in [-0.39, 0.29) is 24.0 Å². The number of aliphatic imine (C=N–C) groups is 1. The highest BCUT2D eigenvalue weighted by Crippen LogP contribution is 2.32. The molecule has 0 aliphatic carbocycles. The summed E-state index contributed by atoms with van der Waals surface area (Å²) in [6, 6.07) is 5.46. The highest BCUT2D eigenvalue weighted by atomic mass is 127. The van der Waals surface area contributed by atoms with Crippen LogP contribution in [0.15, 0.2) is 29.3 Å². The molecule has 0 unspecified atom stereocenters. The SMILES string of the molecule is CCNC(=NCC1(O)CCOCC1)N1CCN(c2cccc(C(F)(F)F)c2)CC1.I. The third-order valence-electron chi connectivity index (χ3n) is 5.40. The van der Waals surface area contributed by atoms with Crippen molar-refractivity contribution in [2.45, 2.75) is 31.5 Å². The lowest BCUT2D eigenvalue weighted by Crippen LogP contribution is -2.53. The van der Waals surface area contributed by atoms with E-state index in [1.165, 1.54) is 12.1 Å². The molecule has 2 aliphatic rings. The number of alkyl halides is 3. The average Bonchev–Trinajstić information content (AvgIpc) is 2.71. The van der Waals surface area contributed by atoms with Crippen LogP contribution in [0, 0.1) is 0 Å². The van der Waals surface area contributed by atoms with Crippen LogP contribution in [-0.4, -0.2) is 74.0 Å². The molecule has 2 saturated heterocycles. The summed E-state index contributed by atoms with van der Waals surface area (Å²) in [6.45, 7) is 6.57. The molecule has 170 valence electrons. The van der Waals surface area contributed by atoms with Crippen molar-refractivity contribution in [1.82, 2.24) is 10.2 Å². The largest absolute Gasteiger partial charge is 0.416 e. The van der Waals surface area contributed by atoms with Gasteiger partial charge in [-0.25, -0.2) is 0 Å². The number of guanidine groups is 1. The van der Waals surface area contributed by atoms with Crippen molar-refractivity contribution < 1.29 is 23.0 Å². The number of halogens is 4. The van der Waals surface area contributed by atoms with Crippen LogP contribution in [-0.2, 0) is 10.9 Å². The highest BCUT2D eigenvalue weighted by molar-refractivity contribution is 14.0. The summed E-state index contributed by atoms with van der Waals surface area (Å²) in [5.41, 5.74) is -0.881. The number of ether oxygens (including phenoxy) is 1. The molecule has 0 aromatic heterocycles. The van der Waals surface area contributed by atoms with Gasteiger partial charge in [0, 0.05) is 64.5 Å². The molecule has 6 nitrogen and oxygen atoms in total. The fourth-order valence-corrected chi connectivity index (χ4v) is 3.61. The second-order valence-electron chi connectivity index (χ2n) is 7.53. The predicted molar refractivity (Wildman–Crippen MR) is 122 cm³/mol. The van der Waals surface area contributed by atoms with Gasteiger partial charge in [-0.2, -0.15) is 13.2 Å². The Hall–Kier alpha value is -1.27. The standard InChI is InChI=1S/C20H29F3N4O2.HI/c1-2-24-18(25-15-19(28)6-12-29-13-7-19)27-10-8-26(9-11-27)17-5-3-4-16(14-17)20(21,22)23;/h3-5,14,28H,2,6-13,15H2,1H3,(H,24,25);1H. The molecular formula is C20H30F3IN4O2. The summed E-state index contributed by atoms with van der Waals surface area (Å²) < 4.78 is 44.2. The molecule has 0 amide bonds. The van der Waals surface area contributed by atoms with Gasteiger partial charge in [-0.15, -0.1) is 24.0 Å². The van der Waals surface area contributed by atoms with Gasteiger partial charge in [0.05, 0.1) is 17.7 Å². The van der Waals surface area contributed by atoms with Crippen LogP contribution in [0.4, 0.5) is 18.9 Å². The number of hydrogen-bond donors (Lipinski definition) is 2. The Labute approximate surface area is 192 Å². The minimum Gasteiger partial charge on any atom is -0.388 e. The molecule has 0 bridgehead atoms. The van der Waals surface area contributed by atoms with Crippen molar-refractivity contribution in [2.24, 2.45) is 4.99 Å². The number of hydrogen-bond acceptors (Lipinski definition) is 4. The van der Waals surface area contributed by atoms with Gasteiger partial charge in [0.2, 0.25) is 0 Å². The number of benzene rings is 1. The number of piperazine rings is 1. The lowest BCUT2D eigenvalue weighted by atomic mass is 9.95. The van der Waals surface area contributed by atoms with Gasteiger partial charge in [-0.3, -0.25) is 4.99 Å². The fraction of sp³-hybridized carbons (Fsp3) is 0.650. The third kappa shape index (κ3) is 6.61. The second kappa shape index (κ2) is 10.9. The Morgan fingerprint density at radius 1 is 1.20 bits per heavy atom. The molecule has 10 heteroatoms. The molecule has 1 aromatic carbocycles. The first kappa shape index (κ1) is 25.0. The number of nitrogens with one attached hydrogen (secondary N) is 1. The molecule has 0 atom stereocenters. The Bertz CT molecular complexity index is 704. The van der Waals surface area contributed by atoms with Crippen LogP contribution in [0.1, 0.15) is 25.3 Å². The molecule has 2 N–H and O–H groups in total. The van der Waals surface area contributed by atoms with Gasteiger partial charge in [0.15, 0.2) is 5.96 Å². The molecule has 3 rings (SSSR count). The van der Waals surface area contributed by atoms with Crippen molar-refractivity contribution in [3.8, 4) is 0 Å². The summed E-state index contributed by atoms with van der Waals surface area (Å²) in [5, 5.41) is 13.9. The van der Waals surface area contributed by atoms with Crippen LogP contribution < -0.4 is 10.2 Å². The minimum atomic E-state index is -4.34. The predicted octanol–water partition coefficient (Wildman–Crippen LogP) is 2.95. The summed E-state index contributed by atoms with van der Waals surface area (Å²) in [5.74, 6) is 0.733. The molecular weight excluding hydrogens is 512 g/mol. The third-order valence-corrected chi connectivity index (χ3v) is 5.40. The van der Waals surface area contributed by atoms with Crippen molar-refractivity contribution in [3.05, 3.63) is 29.8 Å². The number of aliphatic hydroxyl groups is 1. The first-order valence-corrected chi connectivity index (χ1v) is 10.1. The Morgan fingerprint density at radius 2 is 1.87 bits per heavy atom. The van der Waals surface area contributed by atoms with E-state index in [1.54, 1.807) is 6.07 Å². The number of rotatable bonds is 4. The first-order valence-electron chi connectivity index (χ1n) is 10.1. The van der Waals surface area contributed by atoms with Gasteiger partial charge >= 0.3 is 6.18 Å². The van der Waals surface area contributed by atoms with Crippen molar-refractivity contribution in [2.75, 3.05) is 57.4 Å². The molecule has 2 aliphatic heterocycles. The first-order chi connectivity index (χ1) is 13.8. The Morgan fingerprint density at radius 3 is 2.47 bits per heavy atom. The Kier molecular flexibility index (Phi) is 9.04. The van der Waals surface area contributed by atoms with Crippen LogP contribution in [0.2, 0.25) is 0 Å². The van der Waals surface area contributed by atoms with Crippen LogP contribution >= 0.6 is 24.0 Å². The zero-order valence-corrected chi connectivity index (χ0v) is 19.5. The maximum Gasteiger partial charge on any atom is 0.416 e. The molecule has 0 spiro atoms. The van der Waals surface area contributed by atoms with Crippen molar-refractivity contribution in [3.63, 3.8) is 0 Å². The van der Waals surface area contributed by atoms with E-state index in [1.807, 2.05) is 11.8 Å². The van der Waals surface area contributed by atoms with Gasteiger partial charge < -0.3 is 25.0 Å². The van der Waals surface area contributed by atoms with E-state index >= 15 is 0 Å². The van der Waals surface area contributed by atoms with Gasteiger partial charge in [0.25, 0.3) is 0 Å². The minimum absolute atomic E-state index is 0. The lowest BCUT2D eigenvalue weighted by molar-refractivity contribution is -0.137. The summed E-state index contributed by atoms with van der Waals surface area (Å²) in [7, 11) is 0. The second-order valence-corrected chi connectivity index (χ2v) is 7.53. The van der Waals surface area contributed by atoms with Crippen molar-refractivity contribution in [1.29, 1.82) is 0 Å². The maximum absolute atomic E-state index is 13.0. The van der Waals surface area contributed by atoms with E-state index in [0.29, 0.717) is 71.0 Å².